The zero-order valence-corrected chi connectivity index (χ0v) is 12.5. The maximum absolute atomic E-state index is 12.6. The molecule has 0 saturated heterocycles. The predicted molar refractivity (Wildman–Crippen MR) is 76.8 cm³/mol. The molecule has 0 spiro atoms. The Labute approximate surface area is 121 Å². The number of nitrogens with two attached hydrogens (primary N) is 1. The Morgan fingerprint density at radius 3 is 2.80 bits per heavy atom. The van der Waals surface area contributed by atoms with Gasteiger partial charge in [-0.3, -0.25) is 0 Å². The summed E-state index contributed by atoms with van der Waals surface area (Å²) in [4.78, 5) is 8.87. The molecule has 6 nitrogen and oxygen atoms in total. The molecule has 1 aliphatic rings. The van der Waals surface area contributed by atoms with E-state index < -0.39 is 10.0 Å². The van der Waals surface area contributed by atoms with Crippen molar-refractivity contribution in [2.45, 2.75) is 24.3 Å². The quantitative estimate of drug-likeness (QED) is 0.906. The van der Waals surface area contributed by atoms with Gasteiger partial charge in [-0.25, -0.2) is 18.4 Å². The van der Waals surface area contributed by atoms with Crippen LogP contribution in [0.4, 0.5) is 5.95 Å². The van der Waals surface area contributed by atoms with Gasteiger partial charge in [-0.15, -0.1) is 11.3 Å². The van der Waals surface area contributed by atoms with Crippen molar-refractivity contribution in [1.82, 2.24) is 14.3 Å². The molecule has 0 amide bonds. The van der Waals surface area contributed by atoms with E-state index in [1.54, 1.807) is 11.3 Å². The lowest BCUT2D eigenvalue weighted by molar-refractivity contribution is 0.329. The summed E-state index contributed by atoms with van der Waals surface area (Å²) in [5.41, 5.74) is 6.48. The lowest BCUT2D eigenvalue weighted by Crippen LogP contribution is -2.38. The van der Waals surface area contributed by atoms with Crippen LogP contribution in [-0.4, -0.2) is 29.2 Å². The summed E-state index contributed by atoms with van der Waals surface area (Å²) in [5, 5.41) is 2.00. The monoisotopic (exact) mass is 310 g/mol. The summed E-state index contributed by atoms with van der Waals surface area (Å²) in [6.45, 7) is 2.38. The lowest BCUT2D eigenvalue weighted by atomic mass is 10.0. The van der Waals surface area contributed by atoms with Gasteiger partial charge in [0.05, 0.1) is 12.4 Å². The number of fused-ring (bicyclic) bond motifs is 1. The number of nitrogens with zero attached hydrogens (tertiary/aromatic N) is 3. The van der Waals surface area contributed by atoms with Crippen molar-refractivity contribution >= 4 is 27.3 Å². The van der Waals surface area contributed by atoms with Crippen LogP contribution in [0.2, 0.25) is 0 Å². The van der Waals surface area contributed by atoms with Gasteiger partial charge in [0.2, 0.25) is 16.0 Å². The van der Waals surface area contributed by atoms with Crippen LogP contribution in [0.1, 0.15) is 23.4 Å². The molecule has 0 saturated carbocycles. The number of aromatic nitrogens is 2. The first kappa shape index (κ1) is 13.5. The molecule has 0 fully saturated rings. The van der Waals surface area contributed by atoms with Crippen molar-refractivity contribution in [1.29, 1.82) is 0 Å². The zero-order valence-electron chi connectivity index (χ0n) is 10.9. The number of hydrogen-bond donors (Lipinski definition) is 1. The Hall–Kier alpha value is -1.51. The maximum Gasteiger partial charge on any atom is 0.246 e. The molecule has 2 N–H and O–H groups in total. The van der Waals surface area contributed by atoms with Gasteiger partial charge in [0.1, 0.15) is 4.90 Å². The first-order chi connectivity index (χ1) is 9.50. The second kappa shape index (κ2) is 4.80. The van der Waals surface area contributed by atoms with Gasteiger partial charge < -0.3 is 5.73 Å². The second-order valence-electron chi connectivity index (χ2n) is 4.62. The Balaban J connectivity index is 1.99. The van der Waals surface area contributed by atoms with Crippen molar-refractivity contribution in [2.75, 3.05) is 12.3 Å². The van der Waals surface area contributed by atoms with Crippen LogP contribution in [0.25, 0.3) is 0 Å². The molecule has 0 aromatic carbocycles. The predicted octanol–water partition coefficient (Wildman–Crippen LogP) is 1.43. The second-order valence-corrected chi connectivity index (χ2v) is 7.51. The topological polar surface area (TPSA) is 89.2 Å². The van der Waals surface area contributed by atoms with Gasteiger partial charge in [-0.05, 0) is 30.4 Å². The summed E-state index contributed by atoms with van der Waals surface area (Å²) in [6.07, 6.45) is 3.26. The molecule has 106 valence electrons. The van der Waals surface area contributed by atoms with Crippen LogP contribution in [0.5, 0.6) is 0 Å². The van der Waals surface area contributed by atoms with Crippen molar-refractivity contribution in [2.24, 2.45) is 0 Å². The highest BCUT2D eigenvalue weighted by atomic mass is 32.2. The van der Waals surface area contributed by atoms with Crippen molar-refractivity contribution in [3.05, 3.63) is 34.3 Å². The van der Waals surface area contributed by atoms with E-state index in [1.165, 1.54) is 21.6 Å². The Morgan fingerprint density at radius 1 is 1.40 bits per heavy atom. The molecule has 2 aromatic rings. The zero-order chi connectivity index (χ0) is 14.3. The highest BCUT2D eigenvalue weighted by Gasteiger charge is 2.34. The van der Waals surface area contributed by atoms with E-state index in [9.17, 15) is 8.42 Å². The van der Waals surface area contributed by atoms with Crippen LogP contribution >= 0.6 is 11.3 Å². The molecular weight excluding hydrogens is 296 g/mol. The molecule has 20 heavy (non-hydrogen) atoms. The van der Waals surface area contributed by atoms with Gasteiger partial charge in [-0.1, -0.05) is 0 Å². The molecule has 0 radical (unpaired) electrons. The van der Waals surface area contributed by atoms with Crippen LogP contribution in [-0.2, 0) is 16.4 Å². The van der Waals surface area contributed by atoms with E-state index in [1.807, 2.05) is 18.4 Å². The molecule has 1 unspecified atom stereocenters. The van der Waals surface area contributed by atoms with Crippen LogP contribution in [0.3, 0.4) is 0 Å². The standard InChI is InChI=1S/C12H14N4O2S2/c1-8-10-3-5-19-11(10)2-4-16(8)20(17,18)9-6-14-12(13)15-7-9/h3,5-8H,2,4H2,1H3,(H2,13,14,15). The van der Waals surface area contributed by atoms with E-state index >= 15 is 0 Å². The molecule has 2 aromatic heterocycles. The van der Waals surface area contributed by atoms with Gasteiger partial charge in [0.15, 0.2) is 0 Å². The summed E-state index contributed by atoms with van der Waals surface area (Å²) >= 11 is 1.68. The first-order valence-corrected chi connectivity index (χ1v) is 8.48. The average Bonchev–Trinajstić information content (AvgIpc) is 2.88. The molecule has 1 atom stereocenters. The van der Waals surface area contributed by atoms with Crippen LogP contribution < -0.4 is 5.73 Å². The minimum Gasteiger partial charge on any atom is -0.368 e. The van der Waals surface area contributed by atoms with Crippen LogP contribution in [0.15, 0.2) is 28.7 Å². The number of nitrogen functional groups attached to an aromatic ring is 1. The molecule has 0 bridgehead atoms. The van der Waals surface area contributed by atoms with Gasteiger partial charge in [0.25, 0.3) is 0 Å². The summed E-state index contributed by atoms with van der Waals surface area (Å²) in [5.74, 6) is 0.0655. The largest absolute Gasteiger partial charge is 0.368 e. The highest BCUT2D eigenvalue weighted by Crippen LogP contribution is 2.35. The third-order valence-corrected chi connectivity index (χ3v) is 6.40. The summed E-state index contributed by atoms with van der Waals surface area (Å²) < 4.78 is 26.8. The fraction of sp³-hybridized carbons (Fsp3) is 0.333. The van der Waals surface area contributed by atoms with E-state index in [-0.39, 0.29) is 16.9 Å². The maximum atomic E-state index is 12.6. The third-order valence-electron chi connectivity index (χ3n) is 3.48. The normalized spacial score (nSPS) is 19.8. The minimum atomic E-state index is -3.59. The Bertz CT molecular complexity index is 724. The SMILES string of the molecule is CC1c2ccsc2CCN1S(=O)(=O)c1cnc(N)nc1. The lowest BCUT2D eigenvalue weighted by Gasteiger charge is -2.32. The average molecular weight is 310 g/mol. The fourth-order valence-corrected chi connectivity index (χ4v) is 4.88. The summed E-state index contributed by atoms with van der Waals surface area (Å²) in [7, 11) is -3.59. The van der Waals surface area contributed by atoms with E-state index in [0.717, 1.165) is 12.0 Å². The van der Waals surface area contributed by atoms with Crippen molar-refractivity contribution in [3.63, 3.8) is 0 Å². The summed E-state index contributed by atoms with van der Waals surface area (Å²) in [6, 6.07) is 1.82. The number of sulfonamides is 1. The third kappa shape index (κ3) is 2.09. The number of thiophene rings is 1. The molecule has 3 heterocycles. The molecule has 8 heteroatoms. The molecule has 3 rings (SSSR count). The van der Waals surface area contributed by atoms with Crippen molar-refractivity contribution in [3.8, 4) is 0 Å². The fourth-order valence-electron chi connectivity index (χ4n) is 2.41. The highest BCUT2D eigenvalue weighted by molar-refractivity contribution is 7.89. The number of anilines is 1. The number of rotatable bonds is 2. The van der Waals surface area contributed by atoms with Crippen molar-refractivity contribution < 1.29 is 8.42 Å². The number of hydrogen-bond acceptors (Lipinski definition) is 6. The van der Waals surface area contributed by atoms with E-state index in [0.29, 0.717) is 6.54 Å². The minimum absolute atomic E-state index is 0.0655. The smallest absolute Gasteiger partial charge is 0.246 e. The van der Waals surface area contributed by atoms with Gasteiger partial charge in [0, 0.05) is 17.5 Å². The molecule has 1 aliphatic heterocycles. The van der Waals surface area contributed by atoms with E-state index in [2.05, 4.69) is 9.97 Å². The van der Waals surface area contributed by atoms with Crippen LogP contribution in [0, 0.1) is 0 Å². The van der Waals surface area contributed by atoms with E-state index in [4.69, 9.17) is 5.73 Å². The first-order valence-electron chi connectivity index (χ1n) is 6.16. The molecule has 0 aliphatic carbocycles. The van der Waals surface area contributed by atoms with Gasteiger partial charge >= 0.3 is 0 Å². The Morgan fingerprint density at radius 2 is 2.10 bits per heavy atom. The molecular formula is C12H14N4O2S2. The van der Waals surface area contributed by atoms with Gasteiger partial charge in [-0.2, -0.15) is 4.31 Å². The Kier molecular flexibility index (Phi) is 3.23.